The first-order chi connectivity index (χ1) is 28.0. The Bertz CT molecular complexity index is 1920. The number of halogens is 3. The van der Waals surface area contributed by atoms with Gasteiger partial charge in [-0.2, -0.15) is 13.2 Å². The number of nitrogens with two attached hydrogens (primary N) is 1. The smallest absolute Gasteiger partial charge is 0.343 e. The number of carbonyl (C=O) groups excluding carboxylic acids is 5. The van der Waals surface area contributed by atoms with Gasteiger partial charge < -0.3 is 32.3 Å². The molecule has 1 fully saturated rings. The molecule has 7 N–H and O–H groups in total. The molecule has 2 heterocycles. The van der Waals surface area contributed by atoms with Gasteiger partial charge in [0.25, 0.3) is 0 Å². The molecule has 0 spiro atoms. The number of amides is 5. The zero-order valence-electron chi connectivity index (χ0n) is 33.6. The second-order valence-electron chi connectivity index (χ2n) is 15.9. The normalized spacial score (nSPS) is 22.8. The second-order valence-corrected chi connectivity index (χ2v) is 15.9. The Labute approximate surface area is 341 Å². The molecule has 59 heavy (non-hydrogen) atoms. The number of benzene rings is 3. The van der Waals surface area contributed by atoms with Crippen LogP contribution in [-0.4, -0.2) is 72.5 Å². The average Bonchev–Trinajstić information content (AvgIpc) is 4.02. The summed E-state index contributed by atoms with van der Waals surface area (Å²) in [5, 5.41) is 20.7. The Morgan fingerprint density at radius 3 is 1.63 bits per heavy atom. The Hall–Kier alpha value is -5.64. The van der Waals surface area contributed by atoms with Crippen molar-refractivity contribution in [2.24, 2.45) is 27.8 Å². The average molecular weight is 819 g/mol. The van der Waals surface area contributed by atoms with Crippen LogP contribution < -0.4 is 32.3 Å². The van der Waals surface area contributed by atoms with Gasteiger partial charge in [0.15, 0.2) is 0 Å². The molecule has 3 aromatic carbocycles. The van der Waals surface area contributed by atoms with Gasteiger partial charge in [-0.1, -0.05) is 113 Å². The third-order valence-corrected chi connectivity index (χ3v) is 10.5. The Morgan fingerprint density at radius 1 is 0.627 bits per heavy atom. The van der Waals surface area contributed by atoms with Crippen molar-refractivity contribution in [3.05, 3.63) is 107 Å². The fraction of sp³-hybridized carbons (Fsp3) is 0.465. The monoisotopic (exact) mass is 818 g/mol. The van der Waals surface area contributed by atoms with Crippen molar-refractivity contribution in [2.75, 3.05) is 6.54 Å². The van der Waals surface area contributed by atoms with Crippen molar-refractivity contribution in [3.8, 4) is 0 Å². The maximum absolute atomic E-state index is 14.9. The van der Waals surface area contributed by atoms with Crippen molar-refractivity contribution in [2.45, 2.75) is 108 Å². The van der Waals surface area contributed by atoms with E-state index in [1.807, 2.05) is 50.2 Å². The molecule has 0 aliphatic carbocycles. The molecule has 16 heteroatoms. The summed E-state index contributed by atoms with van der Waals surface area (Å²) in [7, 11) is 0. The lowest BCUT2D eigenvalue weighted by atomic mass is 9.84. The van der Waals surface area contributed by atoms with Crippen LogP contribution in [0.3, 0.4) is 0 Å². The highest BCUT2D eigenvalue weighted by molar-refractivity contribution is 5.98. The molecule has 1 saturated heterocycles. The number of rotatable bonds is 13. The second kappa shape index (κ2) is 19.4. The molecule has 0 unspecified atom stereocenters. The quantitative estimate of drug-likeness (QED) is 0.137. The van der Waals surface area contributed by atoms with Crippen LogP contribution >= 0.6 is 0 Å². The van der Waals surface area contributed by atoms with E-state index < -0.39 is 83.4 Å². The maximum atomic E-state index is 14.9. The van der Waals surface area contributed by atoms with Crippen molar-refractivity contribution < 1.29 is 37.1 Å². The zero-order valence-corrected chi connectivity index (χ0v) is 33.6. The molecule has 5 amide bonds. The standard InChI is InChI=1S/C43H53F3N8O5/c1-25(2)23-32-39(57)51-35(26(3)4)40(58)52-36(34(28-13-7-5-8-14-28)29-15-9-6-10-16-29)41(59)50-33(38(56)48-31(37(55)49-32)17-11-12-22-47)24-27-18-20-30(21-19-27)42(53-54-42)43(44,45)46/h5-10,13-16,18-21,25-26,31-36H,11-12,17,22-24,47H2,1-4H3,(H,48,56)(H,49,55)(H,50,59)(H,51,57)(H,52,58)/t31-,32-,33-,35-,36-/m0/s1. The molecule has 5 atom stereocenters. The lowest BCUT2D eigenvalue weighted by molar-refractivity contribution is -0.166. The van der Waals surface area contributed by atoms with Crippen molar-refractivity contribution in [3.63, 3.8) is 0 Å². The van der Waals surface area contributed by atoms with Gasteiger partial charge in [0.1, 0.15) is 30.2 Å². The van der Waals surface area contributed by atoms with Gasteiger partial charge in [-0.15, -0.1) is 10.2 Å². The summed E-state index contributed by atoms with van der Waals surface area (Å²) in [4.78, 5) is 71.7. The van der Waals surface area contributed by atoms with Crippen LogP contribution in [0.15, 0.2) is 95.2 Å². The molecular weight excluding hydrogens is 766 g/mol. The lowest BCUT2D eigenvalue weighted by Gasteiger charge is -2.32. The van der Waals surface area contributed by atoms with Crippen LogP contribution in [0.1, 0.15) is 81.5 Å². The van der Waals surface area contributed by atoms with E-state index in [4.69, 9.17) is 5.73 Å². The molecule has 13 nitrogen and oxygen atoms in total. The van der Waals surface area contributed by atoms with Gasteiger partial charge in [0, 0.05) is 17.9 Å². The molecular formula is C43H53F3N8O5. The highest BCUT2D eigenvalue weighted by atomic mass is 19.4. The molecule has 0 bridgehead atoms. The largest absolute Gasteiger partial charge is 0.442 e. The van der Waals surface area contributed by atoms with E-state index in [0.29, 0.717) is 36.1 Å². The van der Waals surface area contributed by atoms with Gasteiger partial charge in [-0.25, -0.2) is 0 Å². The number of hydrogen-bond donors (Lipinski definition) is 6. The SMILES string of the molecule is CC(C)C[C@@H]1NC(=O)[C@H](CCCCN)NC(=O)[C@H](Cc2ccc(C3(C(F)(F)F)N=N3)cc2)NC(=O)[C@H](C(c2ccccc2)c2ccccc2)NC(=O)[C@H](C(C)C)NC1=O. The summed E-state index contributed by atoms with van der Waals surface area (Å²) in [6.07, 6.45) is -3.62. The third-order valence-electron chi connectivity index (χ3n) is 10.5. The van der Waals surface area contributed by atoms with Crippen LogP contribution in [0.25, 0.3) is 0 Å². The number of unbranched alkanes of at least 4 members (excludes halogenated alkanes) is 1. The third kappa shape index (κ3) is 11.1. The summed E-state index contributed by atoms with van der Waals surface area (Å²) < 4.78 is 41.4. The van der Waals surface area contributed by atoms with Crippen molar-refractivity contribution >= 4 is 29.5 Å². The van der Waals surface area contributed by atoms with Crippen LogP contribution in [0.4, 0.5) is 13.2 Å². The minimum absolute atomic E-state index is 0.0579. The van der Waals surface area contributed by atoms with E-state index in [0.717, 1.165) is 0 Å². The fourth-order valence-corrected chi connectivity index (χ4v) is 7.26. The van der Waals surface area contributed by atoms with Crippen LogP contribution in [0, 0.1) is 11.8 Å². The van der Waals surface area contributed by atoms with E-state index in [1.54, 1.807) is 38.1 Å². The van der Waals surface area contributed by atoms with Gasteiger partial charge in [0.2, 0.25) is 29.5 Å². The summed E-state index contributed by atoms with van der Waals surface area (Å²) in [6.45, 7) is 7.58. The first-order valence-electron chi connectivity index (χ1n) is 20.0. The predicted octanol–water partition coefficient (Wildman–Crippen LogP) is 4.51. The van der Waals surface area contributed by atoms with Gasteiger partial charge in [-0.05, 0) is 60.8 Å². The van der Waals surface area contributed by atoms with Crippen LogP contribution in [-0.2, 0) is 36.1 Å². The Kier molecular flexibility index (Phi) is 14.6. The molecule has 0 radical (unpaired) electrons. The van der Waals surface area contributed by atoms with Crippen LogP contribution in [0.2, 0.25) is 0 Å². The number of nitrogens with zero attached hydrogens (tertiary/aromatic N) is 2. The van der Waals surface area contributed by atoms with Gasteiger partial charge >= 0.3 is 11.8 Å². The molecule has 5 rings (SSSR count). The van der Waals surface area contributed by atoms with Gasteiger partial charge in [-0.3, -0.25) is 24.0 Å². The number of nitrogens with one attached hydrogen (secondary N) is 5. The number of alkyl halides is 3. The first-order valence-corrected chi connectivity index (χ1v) is 20.0. The fourth-order valence-electron chi connectivity index (χ4n) is 7.26. The molecule has 316 valence electrons. The Morgan fingerprint density at radius 2 is 1.12 bits per heavy atom. The maximum Gasteiger partial charge on any atom is 0.442 e. The highest BCUT2D eigenvalue weighted by Crippen LogP contribution is 2.52. The summed E-state index contributed by atoms with van der Waals surface area (Å²) >= 11 is 0. The minimum atomic E-state index is -4.75. The molecule has 0 saturated carbocycles. The van der Waals surface area contributed by atoms with E-state index in [2.05, 4.69) is 36.8 Å². The lowest BCUT2D eigenvalue weighted by Crippen LogP contribution is -2.60. The van der Waals surface area contributed by atoms with E-state index in [-0.39, 0.29) is 30.7 Å². The zero-order chi connectivity index (χ0) is 42.9. The van der Waals surface area contributed by atoms with E-state index in [9.17, 15) is 37.1 Å². The van der Waals surface area contributed by atoms with Crippen molar-refractivity contribution in [1.29, 1.82) is 0 Å². The molecule has 3 aromatic rings. The topological polar surface area (TPSA) is 196 Å². The Balaban J connectivity index is 1.62. The summed E-state index contributed by atoms with van der Waals surface area (Å²) in [5.41, 5.74) is 4.59. The molecule has 0 aromatic heterocycles. The molecule has 2 aliphatic rings. The number of carbonyl (C=O) groups is 5. The van der Waals surface area contributed by atoms with Crippen molar-refractivity contribution in [1.82, 2.24) is 26.6 Å². The highest BCUT2D eigenvalue weighted by Gasteiger charge is 2.65. The minimum Gasteiger partial charge on any atom is -0.343 e. The van der Waals surface area contributed by atoms with E-state index in [1.165, 1.54) is 24.3 Å². The number of hydrogen-bond acceptors (Lipinski definition) is 8. The summed E-state index contributed by atoms with van der Waals surface area (Å²) in [6, 6.07) is 17.1. The predicted molar refractivity (Wildman–Crippen MR) is 214 cm³/mol. The van der Waals surface area contributed by atoms with Crippen LogP contribution in [0.5, 0.6) is 0 Å². The first kappa shape index (κ1) is 44.5. The summed E-state index contributed by atoms with van der Waals surface area (Å²) in [5.74, 6) is -4.76. The van der Waals surface area contributed by atoms with E-state index >= 15 is 0 Å². The molecule has 2 aliphatic heterocycles. The van der Waals surface area contributed by atoms with Gasteiger partial charge in [0.05, 0.1) is 0 Å².